The SMILES string of the molecule is COc1cccc(-c2nn(-c3ccc(F)cc3)cc2/C=C2\CCn3c2nc2cc(Cl)ccc2c3=O)c1. The highest BCUT2D eigenvalue weighted by molar-refractivity contribution is 6.31. The monoisotopic (exact) mass is 498 g/mol. The largest absolute Gasteiger partial charge is 0.497 e. The molecule has 3 heterocycles. The molecule has 0 atom stereocenters. The number of halogens is 2. The smallest absolute Gasteiger partial charge is 0.261 e. The van der Waals surface area contributed by atoms with Crippen molar-refractivity contribution in [2.24, 2.45) is 0 Å². The van der Waals surface area contributed by atoms with Gasteiger partial charge in [-0.1, -0.05) is 23.7 Å². The lowest BCUT2D eigenvalue weighted by molar-refractivity contribution is 0.415. The lowest BCUT2D eigenvalue weighted by Gasteiger charge is -2.06. The van der Waals surface area contributed by atoms with Crippen molar-refractivity contribution >= 4 is 34.2 Å². The van der Waals surface area contributed by atoms with Crippen molar-refractivity contribution in [2.75, 3.05) is 7.11 Å². The summed E-state index contributed by atoms with van der Waals surface area (Å²) in [6, 6.07) is 19.0. The average molecular weight is 499 g/mol. The van der Waals surface area contributed by atoms with Gasteiger partial charge in [0.05, 0.1) is 23.7 Å². The summed E-state index contributed by atoms with van der Waals surface area (Å²) in [4.78, 5) is 17.9. The van der Waals surface area contributed by atoms with Gasteiger partial charge in [-0.25, -0.2) is 14.1 Å². The average Bonchev–Trinajstić information content (AvgIpc) is 3.49. The second kappa shape index (κ2) is 8.77. The molecule has 0 spiro atoms. The maximum atomic E-state index is 13.5. The van der Waals surface area contributed by atoms with E-state index in [2.05, 4.69) is 0 Å². The quantitative estimate of drug-likeness (QED) is 0.305. The predicted molar refractivity (Wildman–Crippen MR) is 139 cm³/mol. The normalized spacial score (nSPS) is 13.9. The van der Waals surface area contributed by atoms with E-state index in [1.54, 1.807) is 46.7 Å². The number of aromatic nitrogens is 4. The molecule has 0 saturated carbocycles. The third-order valence-electron chi connectivity index (χ3n) is 6.32. The van der Waals surface area contributed by atoms with Crippen LogP contribution in [0, 0.1) is 5.82 Å². The number of rotatable bonds is 4. The van der Waals surface area contributed by atoms with Crippen LogP contribution in [0.5, 0.6) is 5.75 Å². The van der Waals surface area contributed by atoms with Crippen LogP contribution in [0.25, 0.3) is 39.5 Å². The van der Waals surface area contributed by atoms with Crippen LogP contribution in [0.2, 0.25) is 5.02 Å². The fourth-order valence-corrected chi connectivity index (χ4v) is 4.70. The summed E-state index contributed by atoms with van der Waals surface area (Å²) in [5.74, 6) is 1.03. The highest BCUT2D eigenvalue weighted by Crippen LogP contribution is 2.33. The number of benzene rings is 3. The summed E-state index contributed by atoms with van der Waals surface area (Å²) < 4.78 is 22.4. The Balaban J connectivity index is 1.52. The van der Waals surface area contributed by atoms with Crippen molar-refractivity contribution in [3.05, 3.63) is 106 Å². The van der Waals surface area contributed by atoms with Crippen molar-refractivity contribution in [2.45, 2.75) is 13.0 Å². The lowest BCUT2D eigenvalue weighted by atomic mass is 10.0. The fourth-order valence-electron chi connectivity index (χ4n) is 4.53. The molecule has 0 unspecified atom stereocenters. The van der Waals surface area contributed by atoms with E-state index in [1.807, 2.05) is 36.5 Å². The van der Waals surface area contributed by atoms with E-state index >= 15 is 0 Å². The molecule has 1 aliphatic rings. The summed E-state index contributed by atoms with van der Waals surface area (Å²) in [5.41, 5.74) is 4.60. The van der Waals surface area contributed by atoms with E-state index in [9.17, 15) is 9.18 Å². The second-order valence-corrected chi connectivity index (χ2v) is 9.00. The first-order valence-corrected chi connectivity index (χ1v) is 11.8. The number of allylic oxidation sites excluding steroid dienone is 1. The van der Waals surface area contributed by atoms with Gasteiger partial charge < -0.3 is 4.74 Å². The van der Waals surface area contributed by atoms with Gasteiger partial charge >= 0.3 is 0 Å². The highest BCUT2D eigenvalue weighted by atomic mass is 35.5. The third kappa shape index (κ3) is 3.87. The molecule has 0 radical (unpaired) electrons. The number of hydrogen-bond acceptors (Lipinski definition) is 4. The maximum absolute atomic E-state index is 13.5. The van der Waals surface area contributed by atoms with E-state index < -0.39 is 0 Å². The summed E-state index contributed by atoms with van der Waals surface area (Å²) in [7, 11) is 1.62. The molecule has 0 saturated heterocycles. The van der Waals surface area contributed by atoms with Crippen molar-refractivity contribution in [3.8, 4) is 22.7 Å². The van der Waals surface area contributed by atoms with Crippen LogP contribution in [0.3, 0.4) is 0 Å². The van der Waals surface area contributed by atoms with Crippen molar-refractivity contribution in [1.82, 2.24) is 19.3 Å². The van der Waals surface area contributed by atoms with E-state index in [-0.39, 0.29) is 11.4 Å². The van der Waals surface area contributed by atoms with Gasteiger partial charge in [0.15, 0.2) is 0 Å². The molecule has 0 fully saturated rings. The molecule has 0 bridgehead atoms. The fraction of sp³-hybridized carbons (Fsp3) is 0.107. The number of methoxy groups -OCH3 is 1. The van der Waals surface area contributed by atoms with E-state index in [0.717, 1.165) is 28.1 Å². The number of nitrogens with zero attached hydrogens (tertiary/aromatic N) is 4. The van der Waals surface area contributed by atoms with Gasteiger partial charge in [0.25, 0.3) is 5.56 Å². The Morgan fingerprint density at radius 3 is 2.72 bits per heavy atom. The minimum atomic E-state index is -0.312. The molecule has 36 heavy (non-hydrogen) atoms. The third-order valence-corrected chi connectivity index (χ3v) is 6.55. The molecular formula is C28H20ClFN4O2. The van der Waals surface area contributed by atoms with Crippen LogP contribution in [-0.2, 0) is 6.54 Å². The molecule has 178 valence electrons. The lowest BCUT2D eigenvalue weighted by Crippen LogP contribution is -2.20. The molecule has 2 aromatic heterocycles. The van der Waals surface area contributed by atoms with Crippen LogP contribution in [0.1, 0.15) is 17.8 Å². The molecule has 1 aliphatic heterocycles. The Bertz CT molecular complexity index is 1720. The first-order valence-electron chi connectivity index (χ1n) is 11.4. The molecule has 6 nitrogen and oxygen atoms in total. The number of fused-ring (bicyclic) bond motifs is 2. The Morgan fingerprint density at radius 2 is 1.92 bits per heavy atom. The topological polar surface area (TPSA) is 61.9 Å². The van der Waals surface area contributed by atoms with Crippen molar-refractivity contribution < 1.29 is 9.13 Å². The van der Waals surface area contributed by atoms with E-state index in [0.29, 0.717) is 40.5 Å². The molecule has 8 heteroatoms. The number of hydrogen-bond donors (Lipinski definition) is 0. The summed E-state index contributed by atoms with van der Waals surface area (Å²) in [6.07, 6.45) is 4.57. The second-order valence-electron chi connectivity index (χ2n) is 8.56. The maximum Gasteiger partial charge on any atom is 0.261 e. The first-order chi connectivity index (χ1) is 17.5. The van der Waals surface area contributed by atoms with Gasteiger partial charge in [0.2, 0.25) is 0 Å². The van der Waals surface area contributed by atoms with Crippen LogP contribution in [0.15, 0.2) is 77.7 Å². The molecule has 0 aliphatic carbocycles. The molecule has 5 aromatic rings. The van der Waals surface area contributed by atoms with Crippen LogP contribution < -0.4 is 10.3 Å². The van der Waals surface area contributed by atoms with Crippen molar-refractivity contribution in [3.63, 3.8) is 0 Å². The Labute approximate surface area is 210 Å². The minimum Gasteiger partial charge on any atom is -0.497 e. The van der Waals surface area contributed by atoms with Gasteiger partial charge in [-0.15, -0.1) is 0 Å². The zero-order valence-electron chi connectivity index (χ0n) is 19.3. The Morgan fingerprint density at radius 1 is 1.08 bits per heavy atom. The standard InChI is InChI=1S/C28H20ClFN4O2/c1-36-23-4-2-3-17(14-23)26-19(16-34(32-26)22-8-6-21(30)7-9-22)13-18-11-12-33-27(18)31-25-15-20(29)5-10-24(25)28(33)35/h2-10,13-16H,11-12H2,1H3/b18-13+. The predicted octanol–water partition coefficient (Wildman–Crippen LogP) is 5.99. The molecule has 0 N–H and O–H groups in total. The zero-order chi connectivity index (χ0) is 24.8. The van der Waals surface area contributed by atoms with Gasteiger partial charge in [-0.2, -0.15) is 5.10 Å². The van der Waals surface area contributed by atoms with E-state index in [1.165, 1.54) is 12.1 Å². The Kier molecular flexibility index (Phi) is 5.42. The van der Waals surface area contributed by atoms with Gasteiger partial charge in [-0.3, -0.25) is 9.36 Å². The van der Waals surface area contributed by atoms with Crippen LogP contribution in [-0.4, -0.2) is 26.4 Å². The number of ether oxygens (including phenoxy) is 1. The van der Waals surface area contributed by atoms with Crippen LogP contribution >= 0.6 is 11.6 Å². The Hall–Kier alpha value is -4.23. The van der Waals surface area contributed by atoms with Crippen LogP contribution in [0.4, 0.5) is 4.39 Å². The first kappa shape index (κ1) is 22.2. The minimum absolute atomic E-state index is 0.0786. The van der Waals surface area contributed by atoms with Gasteiger partial charge in [0, 0.05) is 28.9 Å². The molecule has 0 amide bonds. The summed E-state index contributed by atoms with van der Waals surface area (Å²) in [6.45, 7) is 0.548. The summed E-state index contributed by atoms with van der Waals surface area (Å²) >= 11 is 6.16. The molecule has 6 rings (SSSR count). The van der Waals surface area contributed by atoms with E-state index in [4.69, 9.17) is 26.4 Å². The van der Waals surface area contributed by atoms with Gasteiger partial charge in [0.1, 0.15) is 23.1 Å². The zero-order valence-corrected chi connectivity index (χ0v) is 20.0. The molecule has 3 aromatic carbocycles. The highest BCUT2D eigenvalue weighted by Gasteiger charge is 2.22. The van der Waals surface area contributed by atoms with Crippen molar-refractivity contribution in [1.29, 1.82) is 0 Å². The summed E-state index contributed by atoms with van der Waals surface area (Å²) in [5, 5.41) is 5.90. The van der Waals surface area contributed by atoms with Gasteiger partial charge in [-0.05, 0) is 72.7 Å². The molecular weight excluding hydrogens is 479 g/mol.